The summed E-state index contributed by atoms with van der Waals surface area (Å²) in [5, 5.41) is 3.86. The molecule has 2 heterocycles. The number of hydrogen-bond donors (Lipinski definition) is 1. The lowest BCUT2D eigenvalue weighted by Gasteiger charge is -2.36. The van der Waals surface area contributed by atoms with Gasteiger partial charge in [0.1, 0.15) is 0 Å². The Morgan fingerprint density at radius 1 is 0.886 bits per heavy atom. The molecular formula is C28H35ClN4O2. The Bertz CT molecular complexity index is 1050. The number of rotatable bonds is 6. The van der Waals surface area contributed by atoms with Crippen molar-refractivity contribution >= 4 is 34.8 Å². The van der Waals surface area contributed by atoms with Crippen molar-refractivity contribution in [2.75, 3.05) is 49.5 Å². The van der Waals surface area contributed by atoms with Crippen molar-refractivity contribution in [3.63, 3.8) is 0 Å². The van der Waals surface area contributed by atoms with Gasteiger partial charge in [0.2, 0.25) is 5.91 Å². The lowest BCUT2D eigenvalue weighted by molar-refractivity contribution is -0.117. The van der Waals surface area contributed by atoms with Crippen molar-refractivity contribution in [1.82, 2.24) is 9.80 Å². The van der Waals surface area contributed by atoms with Crippen LogP contribution in [0.25, 0.3) is 0 Å². The van der Waals surface area contributed by atoms with Gasteiger partial charge in [-0.15, -0.1) is 0 Å². The lowest BCUT2D eigenvalue weighted by Crippen LogP contribution is -2.48. The summed E-state index contributed by atoms with van der Waals surface area (Å²) in [5.74, 6) is 0.335. The minimum atomic E-state index is 0.0849. The van der Waals surface area contributed by atoms with E-state index in [2.05, 4.69) is 21.2 Å². The van der Waals surface area contributed by atoms with Crippen LogP contribution >= 0.6 is 11.6 Å². The number of amides is 2. The Morgan fingerprint density at radius 3 is 2.29 bits per heavy atom. The van der Waals surface area contributed by atoms with Gasteiger partial charge in [-0.3, -0.25) is 14.5 Å². The van der Waals surface area contributed by atoms with E-state index in [4.69, 9.17) is 11.6 Å². The molecule has 6 nitrogen and oxygen atoms in total. The highest BCUT2D eigenvalue weighted by Gasteiger charge is 2.30. The van der Waals surface area contributed by atoms with Crippen LogP contribution in [0.4, 0.5) is 11.4 Å². The summed E-state index contributed by atoms with van der Waals surface area (Å²) in [7, 11) is 0. The molecule has 0 unspecified atom stereocenters. The van der Waals surface area contributed by atoms with E-state index in [1.54, 1.807) is 0 Å². The molecule has 3 aliphatic rings. The van der Waals surface area contributed by atoms with E-state index in [0.29, 0.717) is 13.1 Å². The predicted molar refractivity (Wildman–Crippen MR) is 141 cm³/mol. The van der Waals surface area contributed by atoms with Crippen LogP contribution < -0.4 is 10.2 Å². The average molecular weight is 495 g/mol. The Hall–Kier alpha value is -2.57. The third kappa shape index (κ3) is 5.99. The molecule has 35 heavy (non-hydrogen) atoms. The minimum Gasteiger partial charge on any atom is -0.371 e. The Morgan fingerprint density at radius 2 is 1.60 bits per heavy atom. The molecule has 0 spiro atoms. The maximum absolute atomic E-state index is 13.7. The first-order chi connectivity index (χ1) is 17.1. The second-order valence-electron chi connectivity index (χ2n) is 10.1. The largest absolute Gasteiger partial charge is 0.371 e. The fraction of sp³-hybridized carbons (Fsp3) is 0.500. The number of carbonyl (C=O) groups is 2. The fourth-order valence-corrected chi connectivity index (χ4v) is 5.30. The van der Waals surface area contributed by atoms with Crippen molar-refractivity contribution in [3.05, 3.63) is 58.6 Å². The van der Waals surface area contributed by atoms with Crippen LogP contribution in [0.15, 0.2) is 42.5 Å². The van der Waals surface area contributed by atoms with Crippen molar-refractivity contribution in [2.24, 2.45) is 5.92 Å². The molecule has 1 saturated carbocycles. The van der Waals surface area contributed by atoms with Gasteiger partial charge in [-0.1, -0.05) is 42.6 Å². The molecule has 0 bridgehead atoms. The zero-order valence-corrected chi connectivity index (χ0v) is 21.1. The van der Waals surface area contributed by atoms with E-state index in [9.17, 15) is 9.59 Å². The van der Waals surface area contributed by atoms with Gasteiger partial charge in [0, 0.05) is 62.4 Å². The topological polar surface area (TPSA) is 55.9 Å². The van der Waals surface area contributed by atoms with Gasteiger partial charge in [0.25, 0.3) is 5.91 Å². The molecule has 186 valence electrons. The minimum absolute atomic E-state index is 0.0849. The summed E-state index contributed by atoms with van der Waals surface area (Å²) in [6.07, 6.45) is 6.67. The van der Waals surface area contributed by atoms with Gasteiger partial charge < -0.3 is 15.1 Å². The van der Waals surface area contributed by atoms with Crippen molar-refractivity contribution in [2.45, 2.75) is 45.1 Å². The van der Waals surface area contributed by atoms with Gasteiger partial charge in [0.15, 0.2) is 0 Å². The van der Waals surface area contributed by atoms with E-state index in [1.807, 2.05) is 41.3 Å². The van der Waals surface area contributed by atoms with Crippen LogP contribution in [0.1, 0.15) is 54.4 Å². The zero-order valence-electron chi connectivity index (χ0n) is 20.3. The van der Waals surface area contributed by atoms with Gasteiger partial charge in [0.05, 0.1) is 11.3 Å². The molecular weight excluding hydrogens is 460 g/mol. The van der Waals surface area contributed by atoms with E-state index < -0.39 is 0 Å². The number of benzene rings is 2. The molecule has 1 aliphatic carbocycles. The van der Waals surface area contributed by atoms with Crippen LogP contribution in [0, 0.1) is 5.92 Å². The second kappa shape index (κ2) is 11.0. The molecule has 2 aliphatic heterocycles. The normalized spacial score (nSPS) is 19.3. The number of nitrogens with one attached hydrogen (secondary N) is 1. The molecule has 2 saturated heterocycles. The first kappa shape index (κ1) is 24.1. The van der Waals surface area contributed by atoms with Crippen molar-refractivity contribution in [3.8, 4) is 0 Å². The van der Waals surface area contributed by atoms with Crippen molar-refractivity contribution in [1.29, 1.82) is 0 Å². The van der Waals surface area contributed by atoms with Crippen LogP contribution in [-0.2, 0) is 11.3 Å². The Balaban J connectivity index is 1.29. The number of nitrogens with zero attached hydrogens (tertiary/aromatic N) is 3. The van der Waals surface area contributed by atoms with Crippen LogP contribution in [0.3, 0.4) is 0 Å². The predicted octanol–water partition coefficient (Wildman–Crippen LogP) is 5.03. The summed E-state index contributed by atoms with van der Waals surface area (Å²) in [6, 6.07) is 13.8. The third-order valence-electron chi connectivity index (χ3n) is 7.40. The number of halogens is 1. The molecule has 2 aromatic carbocycles. The monoisotopic (exact) mass is 494 g/mol. The van der Waals surface area contributed by atoms with Crippen LogP contribution in [0.5, 0.6) is 0 Å². The van der Waals surface area contributed by atoms with Gasteiger partial charge >= 0.3 is 0 Å². The summed E-state index contributed by atoms with van der Waals surface area (Å²) in [6.45, 7) is 5.75. The maximum atomic E-state index is 13.7. The maximum Gasteiger partial charge on any atom is 0.256 e. The molecule has 2 aromatic rings. The summed E-state index contributed by atoms with van der Waals surface area (Å²) in [4.78, 5) is 32.7. The smallest absolute Gasteiger partial charge is 0.256 e. The van der Waals surface area contributed by atoms with E-state index in [0.717, 1.165) is 85.9 Å². The molecule has 1 N–H and O–H groups in total. The molecule has 0 aromatic heterocycles. The van der Waals surface area contributed by atoms with Gasteiger partial charge in [-0.2, -0.15) is 0 Å². The Kier molecular flexibility index (Phi) is 7.59. The number of piperazine rings is 1. The van der Waals surface area contributed by atoms with E-state index in [1.165, 1.54) is 12.8 Å². The molecule has 7 heteroatoms. The number of anilines is 2. The Labute approximate surface area is 213 Å². The quantitative estimate of drug-likeness (QED) is 0.612. The first-order valence-corrected chi connectivity index (χ1v) is 13.4. The summed E-state index contributed by atoms with van der Waals surface area (Å²) >= 11 is 6.35. The van der Waals surface area contributed by atoms with Crippen molar-refractivity contribution < 1.29 is 9.59 Å². The average Bonchev–Trinajstić information content (AvgIpc) is 3.73. The molecule has 0 atom stereocenters. The first-order valence-electron chi connectivity index (χ1n) is 13.0. The van der Waals surface area contributed by atoms with Gasteiger partial charge in [-0.25, -0.2) is 0 Å². The number of carbonyl (C=O) groups excluding carboxylic acids is 2. The van der Waals surface area contributed by atoms with E-state index in [-0.39, 0.29) is 17.7 Å². The standard InChI is InChI=1S/C28H35ClN4O2/c29-25-8-4-3-7-22(25)20-31-15-17-33(18-16-31)28(35)24-12-11-23(30-27(34)21-9-10-21)19-26(24)32-13-5-1-2-6-14-32/h3-4,7-8,11-12,19,21H,1-2,5-6,9-10,13-18,20H2,(H,30,34). The summed E-state index contributed by atoms with van der Waals surface area (Å²) in [5.41, 5.74) is 3.63. The third-order valence-corrected chi connectivity index (χ3v) is 7.77. The number of hydrogen-bond acceptors (Lipinski definition) is 4. The second-order valence-corrected chi connectivity index (χ2v) is 10.5. The molecule has 2 amide bonds. The highest BCUT2D eigenvalue weighted by atomic mass is 35.5. The highest BCUT2D eigenvalue weighted by molar-refractivity contribution is 6.31. The van der Waals surface area contributed by atoms with Crippen LogP contribution in [0.2, 0.25) is 5.02 Å². The van der Waals surface area contributed by atoms with E-state index >= 15 is 0 Å². The van der Waals surface area contributed by atoms with Gasteiger partial charge in [-0.05, 0) is 55.5 Å². The summed E-state index contributed by atoms with van der Waals surface area (Å²) < 4.78 is 0. The van der Waals surface area contributed by atoms with Crippen LogP contribution in [-0.4, -0.2) is 60.9 Å². The molecule has 0 radical (unpaired) electrons. The highest BCUT2D eigenvalue weighted by Crippen LogP contribution is 2.32. The fourth-order valence-electron chi connectivity index (χ4n) is 5.10. The molecule has 5 rings (SSSR count). The zero-order chi connectivity index (χ0) is 24.2. The SMILES string of the molecule is O=C(Nc1ccc(C(=O)N2CCN(Cc3ccccc3Cl)CC2)c(N2CCCCCC2)c1)C1CC1. The lowest BCUT2D eigenvalue weighted by atomic mass is 10.1. The molecule has 3 fully saturated rings.